The highest BCUT2D eigenvalue weighted by Crippen LogP contribution is 2.36. The number of benzene rings is 3. The number of rotatable bonds is 6. The van der Waals surface area contributed by atoms with Gasteiger partial charge in [-0.05, 0) is 55.8 Å². The standard InChI is InChI=1S/C26H22FN5O3S/c1-14(33)30-25-32-20-9-10-22(18(13-28)23(20)36-25)35-17-7-8-19(27)21(12-17)31-24(34)15-5-4-6-16(11-15)26(2,3)29/h4-12H,29H2,1-3H3,(H,31,34)(H,30,32,33). The van der Waals surface area contributed by atoms with Gasteiger partial charge in [-0.2, -0.15) is 5.26 Å². The Balaban J connectivity index is 1.60. The zero-order chi connectivity index (χ0) is 26.0. The summed E-state index contributed by atoms with van der Waals surface area (Å²) in [6.45, 7) is 5.01. The molecular formula is C26H22FN5O3S. The zero-order valence-electron chi connectivity index (χ0n) is 19.7. The molecule has 1 heterocycles. The molecule has 8 nitrogen and oxygen atoms in total. The van der Waals surface area contributed by atoms with Crippen molar-refractivity contribution in [2.24, 2.45) is 5.73 Å². The number of nitrogens with two attached hydrogens (primary N) is 1. The minimum atomic E-state index is -0.649. The number of nitrogens with zero attached hydrogens (tertiary/aromatic N) is 2. The van der Waals surface area contributed by atoms with Crippen LogP contribution in [0.2, 0.25) is 0 Å². The molecule has 4 aromatic rings. The van der Waals surface area contributed by atoms with E-state index in [1.165, 1.54) is 19.1 Å². The van der Waals surface area contributed by atoms with Crippen LogP contribution >= 0.6 is 11.3 Å². The lowest BCUT2D eigenvalue weighted by Crippen LogP contribution is -2.29. The van der Waals surface area contributed by atoms with E-state index in [0.717, 1.165) is 23.0 Å². The van der Waals surface area contributed by atoms with Gasteiger partial charge < -0.3 is 21.1 Å². The van der Waals surface area contributed by atoms with Crippen LogP contribution in [0.1, 0.15) is 42.3 Å². The Morgan fingerprint density at radius 1 is 1.14 bits per heavy atom. The first-order valence-electron chi connectivity index (χ1n) is 10.8. The number of ether oxygens (including phenoxy) is 1. The number of hydrogen-bond donors (Lipinski definition) is 3. The van der Waals surface area contributed by atoms with Gasteiger partial charge in [0.2, 0.25) is 5.91 Å². The quantitative estimate of drug-likeness (QED) is 0.318. The van der Waals surface area contributed by atoms with Gasteiger partial charge in [0, 0.05) is 24.1 Å². The third kappa shape index (κ3) is 5.33. The number of nitrogens with one attached hydrogen (secondary N) is 2. The first kappa shape index (κ1) is 24.8. The first-order valence-corrected chi connectivity index (χ1v) is 11.7. The van der Waals surface area contributed by atoms with Gasteiger partial charge in [0.15, 0.2) is 5.13 Å². The number of anilines is 2. The van der Waals surface area contributed by atoms with Crippen molar-refractivity contribution in [3.8, 4) is 17.6 Å². The molecule has 0 bridgehead atoms. The Morgan fingerprint density at radius 3 is 2.61 bits per heavy atom. The molecule has 0 saturated heterocycles. The van der Waals surface area contributed by atoms with Crippen LogP contribution in [-0.2, 0) is 10.3 Å². The van der Waals surface area contributed by atoms with Crippen molar-refractivity contribution in [2.75, 3.05) is 10.6 Å². The third-order valence-electron chi connectivity index (χ3n) is 5.20. The second-order valence-corrected chi connectivity index (χ2v) is 9.60. The number of carbonyl (C=O) groups is 2. The van der Waals surface area contributed by atoms with Gasteiger partial charge in [-0.1, -0.05) is 23.5 Å². The normalized spacial score (nSPS) is 11.1. The minimum absolute atomic E-state index is 0.0831. The molecule has 0 fully saturated rings. The number of halogens is 1. The Morgan fingerprint density at radius 2 is 1.92 bits per heavy atom. The Kier molecular flexibility index (Phi) is 6.70. The monoisotopic (exact) mass is 503 g/mol. The molecule has 0 aliphatic rings. The van der Waals surface area contributed by atoms with Gasteiger partial charge in [-0.25, -0.2) is 9.37 Å². The first-order chi connectivity index (χ1) is 17.0. The summed E-state index contributed by atoms with van der Waals surface area (Å²) >= 11 is 1.14. The van der Waals surface area contributed by atoms with E-state index in [-0.39, 0.29) is 28.7 Å². The maximum atomic E-state index is 14.5. The largest absolute Gasteiger partial charge is 0.456 e. The summed E-state index contributed by atoms with van der Waals surface area (Å²) in [6.07, 6.45) is 0. The van der Waals surface area contributed by atoms with Crippen molar-refractivity contribution in [3.63, 3.8) is 0 Å². The highest BCUT2D eigenvalue weighted by atomic mass is 32.1. The second-order valence-electron chi connectivity index (χ2n) is 8.60. The van der Waals surface area contributed by atoms with Gasteiger partial charge in [0.1, 0.15) is 28.9 Å². The molecule has 0 aliphatic heterocycles. The molecule has 1 aromatic heterocycles. The summed E-state index contributed by atoms with van der Waals surface area (Å²) in [7, 11) is 0. The maximum Gasteiger partial charge on any atom is 0.255 e. The molecule has 10 heteroatoms. The number of thiazole rings is 1. The molecular weight excluding hydrogens is 481 g/mol. The van der Waals surface area contributed by atoms with E-state index in [1.54, 1.807) is 30.3 Å². The summed E-state index contributed by atoms with van der Waals surface area (Å²) in [5.74, 6) is -0.991. The van der Waals surface area contributed by atoms with Gasteiger partial charge >= 0.3 is 0 Å². The molecule has 0 spiro atoms. The lowest BCUT2D eigenvalue weighted by molar-refractivity contribution is -0.114. The van der Waals surface area contributed by atoms with Crippen LogP contribution in [0.3, 0.4) is 0 Å². The lowest BCUT2D eigenvalue weighted by Gasteiger charge is -2.19. The summed E-state index contributed by atoms with van der Waals surface area (Å²) in [5.41, 5.74) is 7.24. The lowest BCUT2D eigenvalue weighted by atomic mass is 9.94. The zero-order valence-corrected chi connectivity index (χ0v) is 20.5. The van der Waals surface area contributed by atoms with Gasteiger partial charge in [-0.3, -0.25) is 9.59 Å². The molecule has 0 saturated carbocycles. The van der Waals surface area contributed by atoms with Crippen LogP contribution in [0.15, 0.2) is 54.6 Å². The highest BCUT2D eigenvalue weighted by molar-refractivity contribution is 7.22. The number of aromatic nitrogens is 1. The summed E-state index contributed by atoms with van der Waals surface area (Å²) in [4.78, 5) is 28.4. The average Bonchev–Trinajstić information content (AvgIpc) is 3.22. The topological polar surface area (TPSA) is 130 Å². The fourth-order valence-corrected chi connectivity index (χ4v) is 4.41. The molecule has 2 amide bonds. The van der Waals surface area contributed by atoms with E-state index in [9.17, 15) is 19.2 Å². The summed E-state index contributed by atoms with van der Waals surface area (Å²) in [6, 6.07) is 16.0. The Hall–Kier alpha value is -4.33. The van der Waals surface area contributed by atoms with Crippen molar-refractivity contribution < 1.29 is 18.7 Å². The smallest absolute Gasteiger partial charge is 0.255 e. The van der Waals surface area contributed by atoms with E-state index in [0.29, 0.717) is 20.9 Å². The maximum absolute atomic E-state index is 14.5. The van der Waals surface area contributed by atoms with Crippen molar-refractivity contribution in [2.45, 2.75) is 26.3 Å². The number of fused-ring (bicyclic) bond motifs is 1. The number of amides is 2. The molecule has 0 aliphatic carbocycles. The molecule has 4 rings (SSSR count). The minimum Gasteiger partial charge on any atom is -0.456 e. The fraction of sp³-hybridized carbons (Fsp3) is 0.154. The van der Waals surface area contributed by atoms with E-state index in [2.05, 4.69) is 21.7 Å². The molecule has 0 unspecified atom stereocenters. The molecule has 4 N–H and O–H groups in total. The van der Waals surface area contributed by atoms with Crippen molar-refractivity contribution in [1.82, 2.24) is 4.98 Å². The molecule has 36 heavy (non-hydrogen) atoms. The molecule has 3 aromatic carbocycles. The Labute approximate surface area is 210 Å². The van der Waals surface area contributed by atoms with Gasteiger partial charge in [0.05, 0.1) is 15.9 Å². The number of nitriles is 1. The number of hydrogen-bond acceptors (Lipinski definition) is 7. The second kappa shape index (κ2) is 9.73. The molecule has 0 radical (unpaired) electrons. The van der Waals surface area contributed by atoms with Crippen molar-refractivity contribution in [1.29, 1.82) is 5.26 Å². The van der Waals surface area contributed by atoms with E-state index >= 15 is 0 Å². The van der Waals surface area contributed by atoms with E-state index in [4.69, 9.17) is 10.5 Å². The summed E-state index contributed by atoms with van der Waals surface area (Å²) in [5, 5.41) is 15.3. The van der Waals surface area contributed by atoms with Crippen LogP contribution in [0.4, 0.5) is 15.2 Å². The van der Waals surface area contributed by atoms with Crippen LogP contribution < -0.4 is 21.1 Å². The highest BCUT2D eigenvalue weighted by Gasteiger charge is 2.18. The molecule has 182 valence electrons. The van der Waals surface area contributed by atoms with Crippen molar-refractivity contribution >= 4 is 44.2 Å². The Bertz CT molecular complexity index is 1540. The van der Waals surface area contributed by atoms with Gasteiger partial charge in [-0.15, -0.1) is 0 Å². The average molecular weight is 504 g/mol. The van der Waals surface area contributed by atoms with Crippen LogP contribution in [0, 0.1) is 17.1 Å². The predicted molar refractivity (Wildman–Crippen MR) is 137 cm³/mol. The predicted octanol–water partition coefficient (Wildman–Crippen LogP) is 5.50. The SMILES string of the molecule is CC(=O)Nc1nc2ccc(Oc3ccc(F)c(NC(=O)c4cccc(C(C)(C)N)c4)c3)c(C#N)c2s1. The van der Waals surface area contributed by atoms with Crippen molar-refractivity contribution in [3.05, 3.63) is 77.1 Å². The van der Waals surface area contributed by atoms with Gasteiger partial charge in [0.25, 0.3) is 5.91 Å². The van der Waals surface area contributed by atoms with E-state index in [1.807, 2.05) is 19.9 Å². The van der Waals surface area contributed by atoms with Crippen LogP contribution in [0.5, 0.6) is 11.5 Å². The fourth-order valence-electron chi connectivity index (χ4n) is 3.42. The third-order valence-corrected chi connectivity index (χ3v) is 6.20. The molecule has 0 atom stereocenters. The van der Waals surface area contributed by atoms with Crippen LogP contribution in [0.25, 0.3) is 10.2 Å². The number of carbonyl (C=O) groups excluding carboxylic acids is 2. The van der Waals surface area contributed by atoms with E-state index < -0.39 is 17.3 Å². The summed E-state index contributed by atoms with van der Waals surface area (Å²) < 4.78 is 20.9. The van der Waals surface area contributed by atoms with Crippen LogP contribution in [-0.4, -0.2) is 16.8 Å².